The molecule has 1 aromatic heterocycles. The van der Waals surface area contributed by atoms with Crippen LogP contribution < -0.4 is 5.32 Å². The summed E-state index contributed by atoms with van der Waals surface area (Å²) in [5.74, 6) is 1.44. The summed E-state index contributed by atoms with van der Waals surface area (Å²) in [5.41, 5.74) is 2.04. The van der Waals surface area contributed by atoms with Crippen LogP contribution in [0.2, 0.25) is 0 Å². The van der Waals surface area contributed by atoms with E-state index in [1.54, 1.807) is 0 Å². The van der Waals surface area contributed by atoms with E-state index < -0.39 is 0 Å². The van der Waals surface area contributed by atoms with Gasteiger partial charge in [0.05, 0.1) is 0 Å². The van der Waals surface area contributed by atoms with Crippen molar-refractivity contribution in [3.8, 4) is 11.4 Å². The molecule has 1 saturated carbocycles. The molecule has 2 fully saturated rings. The van der Waals surface area contributed by atoms with Gasteiger partial charge in [-0.2, -0.15) is 5.10 Å². The molecule has 0 spiro atoms. The quantitative estimate of drug-likeness (QED) is 0.901. The largest absolute Gasteiger partial charge is 0.334 e. The predicted molar refractivity (Wildman–Crippen MR) is 95.7 cm³/mol. The third kappa shape index (κ3) is 3.25. The standard InChI is InChI=1S/C19H25N5O/c1-13-9-15-6-2-3-8-17(15)24(13)19(25)20-11-14-5-4-7-16(10-14)18-21-12-22-23-18/h4-5,7,10,12-13,15,17H,2-3,6,8-9,11H2,1H3,(H,20,25)(H,21,22,23)/t13-,15-,17-/m1/s1. The fraction of sp³-hybridized carbons (Fsp3) is 0.526. The zero-order valence-electron chi connectivity index (χ0n) is 14.6. The molecule has 6 nitrogen and oxygen atoms in total. The maximum absolute atomic E-state index is 12.8. The average molecular weight is 339 g/mol. The lowest BCUT2D eigenvalue weighted by molar-refractivity contribution is 0.155. The highest BCUT2D eigenvalue weighted by atomic mass is 16.2. The van der Waals surface area contributed by atoms with Crippen LogP contribution in [0.1, 0.15) is 44.6 Å². The number of nitrogens with zero attached hydrogens (tertiary/aromatic N) is 3. The summed E-state index contributed by atoms with van der Waals surface area (Å²) in [6, 6.07) is 8.88. The number of fused-ring (bicyclic) bond motifs is 1. The maximum atomic E-state index is 12.8. The van der Waals surface area contributed by atoms with Gasteiger partial charge in [0.25, 0.3) is 0 Å². The molecule has 2 aromatic rings. The summed E-state index contributed by atoms with van der Waals surface area (Å²) < 4.78 is 0. The Morgan fingerprint density at radius 2 is 2.24 bits per heavy atom. The number of nitrogens with one attached hydrogen (secondary N) is 2. The van der Waals surface area contributed by atoms with Crippen LogP contribution in [0.25, 0.3) is 11.4 Å². The number of aromatic nitrogens is 3. The lowest BCUT2D eigenvalue weighted by Crippen LogP contribution is -2.47. The Hall–Kier alpha value is -2.37. The number of H-pyrrole nitrogens is 1. The number of likely N-dealkylation sites (tertiary alicyclic amines) is 1. The smallest absolute Gasteiger partial charge is 0.318 e. The molecule has 1 saturated heterocycles. The Morgan fingerprint density at radius 1 is 1.36 bits per heavy atom. The first kappa shape index (κ1) is 16.1. The second-order valence-corrected chi connectivity index (χ2v) is 7.30. The monoisotopic (exact) mass is 339 g/mol. The highest BCUT2D eigenvalue weighted by Crippen LogP contribution is 2.39. The molecular formula is C19H25N5O. The zero-order chi connectivity index (χ0) is 17.2. The fourth-order valence-electron chi connectivity index (χ4n) is 4.50. The first-order valence-corrected chi connectivity index (χ1v) is 9.23. The van der Waals surface area contributed by atoms with Crippen LogP contribution in [0.5, 0.6) is 0 Å². The van der Waals surface area contributed by atoms with Crippen LogP contribution >= 0.6 is 0 Å². The van der Waals surface area contributed by atoms with E-state index in [9.17, 15) is 4.79 Å². The molecule has 0 unspecified atom stereocenters. The zero-order valence-corrected chi connectivity index (χ0v) is 14.6. The normalized spacial score (nSPS) is 25.6. The van der Waals surface area contributed by atoms with Gasteiger partial charge in [-0.05, 0) is 43.7 Å². The van der Waals surface area contributed by atoms with Crippen molar-refractivity contribution in [2.24, 2.45) is 5.92 Å². The van der Waals surface area contributed by atoms with E-state index in [2.05, 4.69) is 32.3 Å². The van der Waals surface area contributed by atoms with Crippen molar-refractivity contribution in [3.63, 3.8) is 0 Å². The van der Waals surface area contributed by atoms with Crippen LogP contribution in [0.15, 0.2) is 30.6 Å². The van der Waals surface area contributed by atoms with E-state index in [-0.39, 0.29) is 6.03 Å². The van der Waals surface area contributed by atoms with Gasteiger partial charge in [0.2, 0.25) is 0 Å². The van der Waals surface area contributed by atoms with Crippen molar-refractivity contribution >= 4 is 6.03 Å². The second kappa shape index (κ2) is 6.86. The number of hydrogen-bond donors (Lipinski definition) is 2. The molecule has 1 aromatic carbocycles. The lowest BCUT2D eigenvalue weighted by Gasteiger charge is -2.33. The first-order valence-electron chi connectivity index (χ1n) is 9.23. The summed E-state index contributed by atoms with van der Waals surface area (Å²) >= 11 is 0. The van der Waals surface area contributed by atoms with Gasteiger partial charge in [-0.15, -0.1) is 0 Å². The highest BCUT2D eigenvalue weighted by molar-refractivity contribution is 5.75. The lowest BCUT2D eigenvalue weighted by atomic mass is 9.85. The number of hydrogen-bond acceptors (Lipinski definition) is 3. The molecule has 0 bridgehead atoms. The van der Waals surface area contributed by atoms with Crippen molar-refractivity contribution in [1.82, 2.24) is 25.4 Å². The van der Waals surface area contributed by atoms with Crippen molar-refractivity contribution < 1.29 is 4.79 Å². The molecule has 1 aliphatic heterocycles. The Balaban J connectivity index is 1.41. The second-order valence-electron chi connectivity index (χ2n) is 7.30. The topological polar surface area (TPSA) is 73.9 Å². The fourth-order valence-corrected chi connectivity index (χ4v) is 4.50. The summed E-state index contributed by atoms with van der Waals surface area (Å²) in [4.78, 5) is 19.1. The minimum Gasteiger partial charge on any atom is -0.334 e. The molecule has 2 amide bonds. The van der Waals surface area contributed by atoms with Crippen molar-refractivity contribution in [2.45, 2.75) is 57.7 Å². The minimum atomic E-state index is 0.0759. The molecule has 132 valence electrons. The van der Waals surface area contributed by atoms with Crippen molar-refractivity contribution in [3.05, 3.63) is 36.2 Å². The molecule has 25 heavy (non-hydrogen) atoms. The number of amides is 2. The van der Waals surface area contributed by atoms with E-state index >= 15 is 0 Å². The first-order chi connectivity index (χ1) is 12.2. The molecule has 3 atom stereocenters. The van der Waals surface area contributed by atoms with Gasteiger partial charge < -0.3 is 10.2 Å². The van der Waals surface area contributed by atoms with E-state index in [1.807, 2.05) is 24.3 Å². The van der Waals surface area contributed by atoms with E-state index in [0.29, 0.717) is 24.5 Å². The summed E-state index contributed by atoms with van der Waals surface area (Å²) in [5, 5.41) is 9.88. The van der Waals surface area contributed by atoms with Crippen molar-refractivity contribution in [2.75, 3.05) is 0 Å². The maximum Gasteiger partial charge on any atom is 0.318 e. The minimum absolute atomic E-state index is 0.0759. The average Bonchev–Trinajstić information content (AvgIpc) is 3.27. The predicted octanol–water partition coefficient (Wildman–Crippen LogP) is 3.33. The van der Waals surface area contributed by atoms with Crippen LogP contribution in [0.4, 0.5) is 4.79 Å². The Bertz CT molecular complexity index is 729. The van der Waals surface area contributed by atoms with Gasteiger partial charge in [0.15, 0.2) is 5.82 Å². The molecule has 4 rings (SSSR count). The summed E-state index contributed by atoms with van der Waals surface area (Å²) in [6.07, 6.45) is 7.65. The van der Waals surface area contributed by atoms with Crippen LogP contribution in [-0.4, -0.2) is 38.2 Å². The summed E-state index contributed by atoms with van der Waals surface area (Å²) in [6.45, 7) is 2.71. The van der Waals surface area contributed by atoms with Crippen LogP contribution in [0.3, 0.4) is 0 Å². The van der Waals surface area contributed by atoms with Gasteiger partial charge in [-0.3, -0.25) is 5.10 Å². The number of urea groups is 1. The Labute approximate surface area is 148 Å². The number of carbonyl (C=O) groups excluding carboxylic acids is 1. The highest BCUT2D eigenvalue weighted by Gasteiger charge is 2.42. The number of rotatable bonds is 3. The van der Waals surface area contributed by atoms with Gasteiger partial charge >= 0.3 is 6.03 Å². The Morgan fingerprint density at radius 3 is 3.08 bits per heavy atom. The van der Waals surface area contributed by atoms with Gasteiger partial charge in [0.1, 0.15) is 6.33 Å². The third-order valence-corrected chi connectivity index (χ3v) is 5.64. The number of carbonyl (C=O) groups is 1. The van der Waals surface area contributed by atoms with Gasteiger partial charge in [-0.1, -0.05) is 31.0 Å². The van der Waals surface area contributed by atoms with E-state index in [1.165, 1.54) is 25.6 Å². The van der Waals surface area contributed by atoms with E-state index in [0.717, 1.165) is 29.8 Å². The SMILES string of the molecule is C[C@@H]1C[C@H]2CCCC[C@H]2N1C(=O)NCc1cccc(-c2ncn[nH]2)c1. The molecular weight excluding hydrogens is 314 g/mol. The van der Waals surface area contributed by atoms with Gasteiger partial charge in [-0.25, -0.2) is 9.78 Å². The molecule has 2 aliphatic rings. The molecule has 1 aliphatic carbocycles. The van der Waals surface area contributed by atoms with Crippen LogP contribution in [-0.2, 0) is 6.54 Å². The third-order valence-electron chi connectivity index (χ3n) is 5.64. The molecule has 2 N–H and O–H groups in total. The van der Waals surface area contributed by atoms with Crippen molar-refractivity contribution in [1.29, 1.82) is 0 Å². The van der Waals surface area contributed by atoms with E-state index in [4.69, 9.17) is 0 Å². The molecule has 6 heteroatoms. The Kier molecular flexibility index (Phi) is 4.42. The number of aromatic amines is 1. The number of benzene rings is 1. The van der Waals surface area contributed by atoms with Crippen LogP contribution in [0, 0.1) is 5.92 Å². The summed E-state index contributed by atoms with van der Waals surface area (Å²) in [7, 11) is 0. The molecule has 0 radical (unpaired) electrons. The van der Waals surface area contributed by atoms with Gasteiger partial charge in [0, 0.05) is 24.2 Å². The molecule has 2 heterocycles.